The molecule has 6 nitrogen and oxygen atoms in total. The monoisotopic (exact) mass is 346 g/mol. The average molecular weight is 346 g/mol. The summed E-state index contributed by atoms with van der Waals surface area (Å²) in [6, 6.07) is 5.86. The summed E-state index contributed by atoms with van der Waals surface area (Å²) in [4.78, 5) is 23.9. The van der Waals surface area contributed by atoms with Gasteiger partial charge in [-0.25, -0.2) is 0 Å². The van der Waals surface area contributed by atoms with Crippen LogP contribution in [0.5, 0.6) is 0 Å². The summed E-state index contributed by atoms with van der Waals surface area (Å²) < 4.78 is 5.75. The molecule has 3 heterocycles. The molecule has 0 spiro atoms. The standard InChI is InChI=1S/C19H30N4O2/c1-21-10-12-22(13-11-21)9-7-19(24)23(16-18-6-4-14-25-18)15-17-5-2-3-8-20-17/h2-3,5,8,18H,4,6-7,9-16H2,1H3/t18-/m1/s1. The molecule has 0 radical (unpaired) electrons. The first-order valence-electron chi connectivity index (χ1n) is 9.41. The molecule has 0 N–H and O–H groups in total. The first-order chi connectivity index (χ1) is 12.2. The van der Waals surface area contributed by atoms with Gasteiger partial charge in [0.05, 0.1) is 18.3 Å². The predicted molar refractivity (Wildman–Crippen MR) is 97.2 cm³/mol. The molecule has 0 aliphatic carbocycles. The van der Waals surface area contributed by atoms with E-state index in [-0.39, 0.29) is 12.0 Å². The number of ether oxygens (including phenoxy) is 1. The van der Waals surface area contributed by atoms with Crippen LogP contribution in [0.25, 0.3) is 0 Å². The van der Waals surface area contributed by atoms with Gasteiger partial charge in [0.1, 0.15) is 0 Å². The molecule has 138 valence electrons. The first kappa shape index (κ1) is 18.3. The number of amides is 1. The molecule has 25 heavy (non-hydrogen) atoms. The third-order valence-electron chi connectivity index (χ3n) is 5.12. The third-order valence-corrected chi connectivity index (χ3v) is 5.12. The first-order valence-corrected chi connectivity index (χ1v) is 9.41. The highest BCUT2D eigenvalue weighted by molar-refractivity contribution is 5.76. The Balaban J connectivity index is 1.54. The topological polar surface area (TPSA) is 48.9 Å². The second kappa shape index (κ2) is 9.27. The molecule has 2 aliphatic heterocycles. The molecule has 2 fully saturated rings. The van der Waals surface area contributed by atoms with Crippen LogP contribution in [0.2, 0.25) is 0 Å². The minimum absolute atomic E-state index is 0.177. The number of carbonyl (C=O) groups excluding carboxylic acids is 1. The molecule has 6 heteroatoms. The number of piperazine rings is 1. The van der Waals surface area contributed by atoms with E-state index in [0.29, 0.717) is 19.5 Å². The van der Waals surface area contributed by atoms with Crippen LogP contribution in [-0.2, 0) is 16.1 Å². The molecule has 0 saturated carbocycles. The number of aromatic nitrogens is 1. The summed E-state index contributed by atoms with van der Waals surface area (Å²) >= 11 is 0. The smallest absolute Gasteiger partial charge is 0.224 e. The maximum atomic E-state index is 12.8. The van der Waals surface area contributed by atoms with Crippen molar-refractivity contribution in [3.63, 3.8) is 0 Å². The number of nitrogens with zero attached hydrogens (tertiary/aromatic N) is 4. The molecule has 1 aromatic rings. The summed E-state index contributed by atoms with van der Waals surface area (Å²) in [6.07, 6.45) is 4.68. The lowest BCUT2D eigenvalue weighted by molar-refractivity contribution is -0.134. The molecule has 2 aliphatic rings. The number of pyridine rings is 1. The molecule has 0 bridgehead atoms. The lowest BCUT2D eigenvalue weighted by atomic mass is 10.2. The molecule has 0 aromatic carbocycles. The highest BCUT2D eigenvalue weighted by atomic mass is 16.5. The van der Waals surface area contributed by atoms with Gasteiger partial charge in [0.25, 0.3) is 0 Å². The van der Waals surface area contributed by atoms with Crippen molar-refractivity contribution in [2.75, 3.05) is 52.9 Å². The zero-order chi connectivity index (χ0) is 17.5. The Labute approximate surface area is 150 Å². The van der Waals surface area contributed by atoms with Crippen molar-refractivity contribution >= 4 is 5.91 Å². The Hall–Kier alpha value is -1.50. The van der Waals surface area contributed by atoms with E-state index in [1.807, 2.05) is 23.1 Å². The van der Waals surface area contributed by atoms with Crippen molar-refractivity contribution in [1.82, 2.24) is 19.7 Å². The SMILES string of the molecule is CN1CCN(CCC(=O)N(Cc2ccccn2)C[C@H]2CCCO2)CC1. The zero-order valence-corrected chi connectivity index (χ0v) is 15.3. The van der Waals surface area contributed by atoms with Crippen LogP contribution >= 0.6 is 0 Å². The van der Waals surface area contributed by atoms with Gasteiger partial charge in [-0.3, -0.25) is 9.78 Å². The van der Waals surface area contributed by atoms with Gasteiger partial charge < -0.3 is 19.4 Å². The summed E-state index contributed by atoms with van der Waals surface area (Å²) in [6.45, 7) is 7.18. The van der Waals surface area contributed by atoms with Gasteiger partial charge in [-0.05, 0) is 32.0 Å². The molecule has 3 rings (SSSR count). The lowest BCUT2D eigenvalue weighted by Crippen LogP contribution is -2.46. The summed E-state index contributed by atoms with van der Waals surface area (Å²) in [5.74, 6) is 0.208. The minimum Gasteiger partial charge on any atom is -0.376 e. The van der Waals surface area contributed by atoms with Crippen LogP contribution in [0.3, 0.4) is 0 Å². The van der Waals surface area contributed by atoms with Gasteiger partial charge in [0.15, 0.2) is 0 Å². The molecular weight excluding hydrogens is 316 g/mol. The summed E-state index contributed by atoms with van der Waals surface area (Å²) in [5, 5.41) is 0. The van der Waals surface area contributed by atoms with Crippen LogP contribution in [-0.4, -0.2) is 84.6 Å². The normalized spacial score (nSPS) is 22.2. The fourth-order valence-corrected chi connectivity index (χ4v) is 3.46. The van der Waals surface area contributed by atoms with E-state index in [2.05, 4.69) is 21.8 Å². The Morgan fingerprint density at radius 1 is 1.32 bits per heavy atom. The maximum absolute atomic E-state index is 12.8. The summed E-state index contributed by atoms with van der Waals surface area (Å²) in [5.41, 5.74) is 0.938. The van der Waals surface area contributed by atoms with Crippen LogP contribution < -0.4 is 0 Å². The number of likely N-dealkylation sites (N-methyl/N-ethyl adjacent to an activating group) is 1. The van der Waals surface area contributed by atoms with Crippen molar-refractivity contribution in [3.8, 4) is 0 Å². The van der Waals surface area contributed by atoms with Gasteiger partial charge in [0.2, 0.25) is 5.91 Å². The predicted octanol–water partition coefficient (Wildman–Crippen LogP) is 1.23. The van der Waals surface area contributed by atoms with E-state index in [4.69, 9.17) is 4.74 Å². The van der Waals surface area contributed by atoms with E-state index in [9.17, 15) is 4.79 Å². The molecule has 2 saturated heterocycles. The zero-order valence-electron chi connectivity index (χ0n) is 15.3. The largest absolute Gasteiger partial charge is 0.376 e. The van der Waals surface area contributed by atoms with Crippen LogP contribution in [0.15, 0.2) is 24.4 Å². The van der Waals surface area contributed by atoms with Crippen molar-refractivity contribution in [1.29, 1.82) is 0 Å². The van der Waals surface area contributed by atoms with Crippen LogP contribution in [0.1, 0.15) is 25.0 Å². The highest BCUT2D eigenvalue weighted by Gasteiger charge is 2.24. The van der Waals surface area contributed by atoms with Crippen molar-refractivity contribution in [3.05, 3.63) is 30.1 Å². The van der Waals surface area contributed by atoms with Gasteiger partial charge >= 0.3 is 0 Å². The number of hydrogen-bond donors (Lipinski definition) is 0. The van der Waals surface area contributed by atoms with E-state index >= 15 is 0 Å². The molecule has 1 amide bonds. The minimum atomic E-state index is 0.177. The van der Waals surface area contributed by atoms with Gasteiger partial charge in [-0.15, -0.1) is 0 Å². The number of carbonyl (C=O) groups is 1. The van der Waals surface area contributed by atoms with Crippen molar-refractivity contribution < 1.29 is 9.53 Å². The van der Waals surface area contributed by atoms with E-state index < -0.39 is 0 Å². The van der Waals surface area contributed by atoms with Crippen LogP contribution in [0.4, 0.5) is 0 Å². The highest BCUT2D eigenvalue weighted by Crippen LogP contribution is 2.15. The second-order valence-corrected chi connectivity index (χ2v) is 7.13. The Morgan fingerprint density at radius 2 is 2.16 bits per heavy atom. The molecular formula is C19H30N4O2. The fourth-order valence-electron chi connectivity index (χ4n) is 3.46. The summed E-state index contributed by atoms with van der Waals surface area (Å²) in [7, 11) is 2.15. The Morgan fingerprint density at radius 3 is 2.84 bits per heavy atom. The lowest BCUT2D eigenvalue weighted by Gasteiger charge is -2.33. The maximum Gasteiger partial charge on any atom is 0.224 e. The second-order valence-electron chi connectivity index (χ2n) is 7.13. The van der Waals surface area contributed by atoms with Crippen LogP contribution in [0, 0.1) is 0 Å². The Kier molecular flexibility index (Phi) is 6.78. The molecule has 0 unspecified atom stereocenters. The van der Waals surface area contributed by atoms with E-state index in [1.165, 1.54) is 0 Å². The number of hydrogen-bond acceptors (Lipinski definition) is 5. The van der Waals surface area contributed by atoms with E-state index in [0.717, 1.165) is 57.9 Å². The quantitative estimate of drug-likeness (QED) is 0.743. The fraction of sp³-hybridized carbons (Fsp3) is 0.684. The van der Waals surface area contributed by atoms with Gasteiger partial charge in [0, 0.05) is 58.5 Å². The Bertz CT molecular complexity index is 525. The van der Waals surface area contributed by atoms with Gasteiger partial charge in [-0.2, -0.15) is 0 Å². The number of rotatable bonds is 7. The van der Waals surface area contributed by atoms with Crippen molar-refractivity contribution in [2.45, 2.75) is 31.9 Å². The van der Waals surface area contributed by atoms with Crippen molar-refractivity contribution in [2.24, 2.45) is 0 Å². The average Bonchev–Trinajstić information content (AvgIpc) is 3.14. The molecule has 1 atom stereocenters. The molecule has 1 aromatic heterocycles. The van der Waals surface area contributed by atoms with E-state index in [1.54, 1.807) is 6.20 Å². The third kappa shape index (κ3) is 5.76. The van der Waals surface area contributed by atoms with Gasteiger partial charge in [-0.1, -0.05) is 6.07 Å².